The average molecular weight is 480 g/mol. The molecule has 8 heteroatoms. The fourth-order valence-corrected chi connectivity index (χ4v) is 5.82. The number of imidazole rings is 1. The molecule has 34 heavy (non-hydrogen) atoms. The number of anilines is 1. The maximum atomic E-state index is 9.67. The van der Waals surface area contributed by atoms with Crippen molar-refractivity contribution in [3.8, 4) is 10.6 Å². The van der Waals surface area contributed by atoms with Gasteiger partial charge in [-0.3, -0.25) is 0 Å². The zero-order valence-corrected chi connectivity index (χ0v) is 20.1. The van der Waals surface area contributed by atoms with Crippen molar-refractivity contribution in [2.45, 2.75) is 75.7 Å². The third-order valence-corrected chi connectivity index (χ3v) is 7.97. The minimum absolute atomic E-state index is 0.0604. The van der Waals surface area contributed by atoms with Crippen molar-refractivity contribution in [3.05, 3.63) is 48.7 Å². The van der Waals surface area contributed by atoms with Crippen molar-refractivity contribution in [2.75, 3.05) is 5.32 Å². The van der Waals surface area contributed by atoms with Crippen molar-refractivity contribution < 1.29 is 10.2 Å². The molecule has 0 aliphatic heterocycles. The summed E-state index contributed by atoms with van der Waals surface area (Å²) in [6.07, 6.45) is 9.18. The van der Waals surface area contributed by atoms with E-state index in [2.05, 4.69) is 40.6 Å². The molecule has 3 heterocycles. The lowest BCUT2D eigenvalue weighted by Gasteiger charge is -2.26. The summed E-state index contributed by atoms with van der Waals surface area (Å²) in [4.78, 5) is 5.68. The highest BCUT2D eigenvalue weighted by atomic mass is 32.1. The summed E-state index contributed by atoms with van der Waals surface area (Å²) in [6.45, 7) is 0. The van der Waals surface area contributed by atoms with Crippen LogP contribution < -0.4 is 11.1 Å². The Morgan fingerprint density at radius 1 is 0.912 bits per heavy atom. The summed E-state index contributed by atoms with van der Waals surface area (Å²) >= 11 is 1.76. The maximum Gasteiger partial charge on any atom is 0.154 e. The molecule has 5 N–H and O–H groups in total. The van der Waals surface area contributed by atoms with Crippen LogP contribution in [0.5, 0.6) is 0 Å². The fourth-order valence-electron chi connectivity index (χ4n) is 4.76. The van der Waals surface area contributed by atoms with Gasteiger partial charge in [0.2, 0.25) is 0 Å². The van der Waals surface area contributed by atoms with Gasteiger partial charge in [0.1, 0.15) is 11.5 Å². The molecule has 0 radical (unpaired) electrons. The van der Waals surface area contributed by atoms with E-state index in [-0.39, 0.29) is 12.2 Å². The Balaban J connectivity index is 0.000000257. The maximum absolute atomic E-state index is 9.67. The van der Waals surface area contributed by atoms with Crippen molar-refractivity contribution in [1.82, 2.24) is 14.6 Å². The molecule has 4 aromatic rings. The van der Waals surface area contributed by atoms with Crippen LogP contribution >= 0.6 is 11.3 Å². The van der Waals surface area contributed by atoms with Gasteiger partial charge in [-0.15, -0.1) is 16.4 Å². The molecule has 0 saturated heterocycles. The summed E-state index contributed by atoms with van der Waals surface area (Å²) in [5.74, 6) is 0.860. The summed E-state index contributed by atoms with van der Waals surface area (Å²) in [5, 5.41) is 28.2. The van der Waals surface area contributed by atoms with Crippen LogP contribution in [0.1, 0.15) is 51.4 Å². The molecule has 0 atom stereocenters. The van der Waals surface area contributed by atoms with Crippen LogP contribution in [0.4, 0.5) is 5.82 Å². The first-order valence-electron chi connectivity index (χ1n) is 12.3. The van der Waals surface area contributed by atoms with Gasteiger partial charge < -0.3 is 21.3 Å². The number of hydrogen-bond donors (Lipinski definition) is 4. The van der Waals surface area contributed by atoms with Crippen LogP contribution in [0.2, 0.25) is 0 Å². The number of hydrogen-bond acceptors (Lipinski definition) is 7. The average Bonchev–Trinajstić information content (AvgIpc) is 3.46. The molecule has 0 unspecified atom stereocenters. The highest BCUT2D eigenvalue weighted by molar-refractivity contribution is 7.22. The van der Waals surface area contributed by atoms with Gasteiger partial charge >= 0.3 is 0 Å². The Labute approximate surface area is 203 Å². The first-order chi connectivity index (χ1) is 16.5. The normalized spacial score (nSPS) is 25.1. The van der Waals surface area contributed by atoms with Gasteiger partial charge in [0.25, 0.3) is 0 Å². The zero-order valence-electron chi connectivity index (χ0n) is 19.3. The second kappa shape index (κ2) is 10.4. The van der Waals surface area contributed by atoms with Crippen molar-refractivity contribution in [3.63, 3.8) is 0 Å². The summed E-state index contributed by atoms with van der Waals surface area (Å²) in [6, 6.07) is 15.3. The first-order valence-corrected chi connectivity index (χ1v) is 13.1. The van der Waals surface area contributed by atoms with Gasteiger partial charge in [-0.25, -0.2) is 9.50 Å². The summed E-state index contributed by atoms with van der Waals surface area (Å²) in [5.41, 5.74) is 7.45. The lowest BCUT2D eigenvalue weighted by atomic mass is 9.93. The fraction of sp³-hybridized carbons (Fsp3) is 0.462. The SMILES string of the molecule is N[C@H]1CC[C@H](O)CC1.O[C@H]1CC[C@H](Nc2ccc3ncc(-c4cc5ccccc5s4)n3n2)CC1. The Morgan fingerprint density at radius 3 is 2.32 bits per heavy atom. The zero-order chi connectivity index (χ0) is 23.5. The number of aliphatic hydroxyl groups is 2. The smallest absolute Gasteiger partial charge is 0.154 e. The van der Waals surface area contributed by atoms with E-state index in [1.165, 1.54) is 15.0 Å². The van der Waals surface area contributed by atoms with Gasteiger partial charge in [-0.05, 0) is 81.0 Å². The molecule has 0 bridgehead atoms. The van der Waals surface area contributed by atoms with E-state index < -0.39 is 0 Å². The Hall–Kier alpha value is -2.52. The van der Waals surface area contributed by atoms with Gasteiger partial charge in [-0.2, -0.15) is 0 Å². The second-order valence-electron chi connectivity index (χ2n) is 9.50. The van der Waals surface area contributed by atoms with E-state index in [0.29, 0.717) is 12.1 Å². The molecule has 3 aromatic heterocycles. The van der Waals surface area contributed by atoms with E-state index in [4.69, 9.17) is 15.9 Å². The van der Waals surface area contributed by atoms with E-state index in [9.17, 15) is 5.11 Å². The van der Waals surface area contributed by atoms with Crippen LogP contribution in [-0.2, 0) is 0 Å². The van der Waals surface area contributed by atoms with Crippen molar-refractivity contribution in [1.29, 1.82) is 0 Å². The monoisotopic (exact) mass is 479 g/mol. The molecular weight excluding hydrogens is 446 g/mol. The Kier molecular flexibility index (Phi) is 7.10. The first kappa shape index (κ1) is 23.2. The van der Waals surface area contributed by atoms with Gasteiger partial charge in [-0.1, -0.05) is 18.2 Å². The summed E-state index contributed by atoms with van der Waals surface area (Å²) in [7, 11) is 0. The van der Waals surface area contributed by atoms with E-state index in [1.807, 2.05) is 22.8 Å². The highest BCUT2D eigenvalue weighted by Crippen LogP contribution is 2.33. The Bertz CT molecular complexity index is 1180. The van der Waals surface area contributed by atoms with Crippen molar-refractivity contribution in [2.24, 2.45) is 5.73 Å². The van der Waals surface area contributed by atoms with Gasteiger partial charge in [0.05, 0.1) is 23.3 Å². The molecule has 2 fully saturated rings. The predicted octanol–water partition coefficient (Wildman–Crippen LogP) is 4.58. The minimum Gasteiger partial charge on any atom is -0.393 e. The third-order valence-electron chi connectivity index (χ3n) is 6.83. The number of fused-ring (bicyclic) bond motifs is 2. The van der Waals surface area contributed by atoms with Crippen LogP contribution in [-0.4, -0.2) is 49.1 Å². The molecule has 2 aliphatic carbocycles. The molecule has 180 valence electrons. The number of thiophene rings is 1. The number of nitrogens with zero attached hydrogens (tertiary/aromatic N) is 3. The molecule has 2 aliphatic rings. The standard InChI is InChI=1S/C20H20N4OS.C6H13NO/c25-15-7-5-14(6-8-15)22-19-9-10-20-21-12-16(24(20)23-19)18-11-13-3-1-2-4-17(13)26-18;7-5-1-3-6(8)4-2-5/h1-4,9-12,14-15,25H,5-8H2,(H,22,23);5-6,8H,1-4,7H2/t14-,15-;5-,6-. The molecule has 7 nitrogen and oxygen atoms in total. The molecule has 0 spiro atoms. The number of nitrogens with two attached hydrogens (primary N) is 1. The minimum atomic E-state index is -0.142. The summed E-state index contributed by atoms with van der Waals surface area (Å²) < 4.78 is 3.19. The highest BCUT2D eigenvalue weighted by Gasteiger charge is 2.20. The van der Waals surface area contributed by atoms with Crippen LogP contribution in [0.3, 0.4) is 0 Å². The van der Waals surface area contributed by atoms with E-state index >= 15 is 0 Å². The molecule has 6 rings (SSSR count). The number of aromatic nitrogens is 3. The molecule has 1 aromatic carbocycles. The molecule has 2 saturated carbocycles. The second-order valence-corrected chi connectivity index (χ2v) is 10.6. The quantitative estimate of drug-likeness (QED) is 0.343. The largest absolute Gasteiger partial charge is 0.393 e. The molecule has 0 amide bonds. The third kappa shape index (κ3) is 5.41. The predicted molar refractivity (Wildman–Crippen MR) is 138 cm³/mol. The lowest BCUT2D eigenvalue weighted by Crippen LogP contribution is -2.28. The molecular formula is C26H33N5O2S. The van der Waals surface area contributed by atoms with E-state index in [1.54, 1.807) is 11.3 Å². The topological polar surface area (TPSA) is 109 Å². The number of benzene rings is 1. The van der Waals surface area contributed by atoms with Gasteiger partial charge in [0.15, 0.2) is 5.65 Å². The number of rotatable bonds is 3. The Morgan fingerprint density at radius 2 is 1.62 bits per heavy atom. The van der Waals surface area contributed by atoms with Crippen LogP contribution in [0.15, 0.2) is 48.7 Å². The van der Waals surface area contributed by atoms with Crippen LogP contribution in [0.25, 0.3) is 26.3 Å². The van der Waals surface area contributed by atoms with Crippen LogP contribution in [0, 0.1) is 0 Å². The number of aliphatic hydroxyl groups excluding tert-OH is 2. The van der Waals surface area contributed by atoms with Gasteiger partial charge in [0, 0.05) is 16.8 Å². The lowest BCUT2D eigenvalue weighted by molar-refractivity contribution is 0.123. The van der Waals surface area contributed by atoms with Crippen molar-refractivity contribution >= 4 is 32.9 Å². The number of nitrogens with one attached hydrogen (secondary N) is 1. The van der Waals surface area contributed by atoms with E-state index in [0.717, 1.165) is 68.5 Å².